The molecule has 0 aliphatic heterocycles. The van der Waals surface area contributed by atoms with Crippen molar-refractivity contribution in [1.29, 1.82) is 0 Å². The average Bonchev–Trinajstić information content (AvgIpc) is 2.13. The molecule has 3 heteroatoms. The molecule has 0 bridgehead atoms. The molecule has 0 aromatic carbocycles. The maximum absolute atomic E-state index is 6.08. The molecule has 0 spiro atoms. The van der Waals surface area contributed by atoms with E-state index in [0.717, 1.165) is 17.5 Å². The number of halogens is 1. The quantitative estimate of drug-likeness (QED) is 0.809. The Labute approximate surface area is 102 Å². The second kappa shape index (κ2) is 4.62. The molecule has 1 aliphatic carbocycles. The van der Waals surface area contributed by atoms with Crippen molar-refractivity contribution in [1.82, 2.24) is 4.98 Å². The summed E-state index contributed by atoms with van der Waals surface area (Å²) in [7, 11) is 0. The highest BCUT2D eigenvalue weighted by molar-refractivity contribution is 6.32. The summed E-state index contributed by atoms with van der Waals surface area (Å²) in [6.07, 6.45) is 4.26. The summed E-state index contributed by atoms with van der Waals surface area (Å²) in [5.74, 6) is 1.66. The van der Waals surface area contributed by atoms with Crippen LogP contribution in [0, 0.1) is 18.8 Å². The van der Waals surface area contributed by atoms with Crippen LogP contribution in [0.4, 0.5) is 5.69 Å². The average molecular weight is 239 g/mol. The Morgan fingerprint density at radius 1 is 1.44 bits per heavy atom. The van der Waals surface area contributed by atoms with Crippen molar-refractivity contribution in [3.05, 3.63) is 23.0 Å². The zero-order valence-corrected chi connectivity index (χ0v) is 10.9. The van der Waals surface area contributed by atoms with Gasteiger partial charge in [0.05, 0.1) is 5.69 Å². The van der Waals surface area contributed by atoms with E-state index in [9.17, 15) is 0 Å². The van der Waals surface area contributed by atoms with Gasteiger partial charge in [-0.05, 0) is 43.2 Å². The number of anilines is 1. The molecular weight excluding hydrogens is 220 g/mol. The maximum Gasteiger partial charge on any atom is 0.152 e. The molecule has 1 fully saturated rings. The first kappa shape index (κ1) is 11.7. The zero-order valence-electron chi connectivity index (χ0n) is 10.1. The van der Waals surface area contributed by atoms with Crippen LogP contribution < -0.4 is 5.32 Å². The highest BCUT2D eigenvalue weighted by Gasteiger charge is 2.31. The first-order valence-electron chi connectivity index (χ1n) is 5.95. The Morgan fingerprint density at radius 3 is 2.69 bits per heavy atom. The van der Waals surface area contributed by atoms with Gasteiger partial charge in [0.1, 0.15) is 0 Å². The number of aryl methyl sites for hydroxylation is 1. The molecule has 0 unspecified atom stereocenters. The fraction of sp³-hybridized carbons (Fsp3) is 0.615. The normalized spacial score (nSPS) is 24.3. The number of hydrogen-bond donors (Lipinski definition) is 1. The second-order valence-corrected chi connectivity index (χ2v) is 5.47. The molecule has 1 saturated carbocycles. The Morgan fingerprint density at radius 2 is 2.12 bits per heavy atom. The molecule has 1 heterocycles. The van der Waals surface area contributed by atoms with Crippen molar-refractivity contribution in [3.63, 3.8) is 0 Å². The van der Waals surface area contributed by atoms with E-state index in [4.69, 9.17) is 11.6 Å². The molecule has 1 aliphatic rings. The number of aromatic nitrogens is 1. The number of nitrogens with zero attached hydrogens (tertiary/aromatic N) is 1. The third-order valence-electron chi connectivity index (χ3n) is 3.58. The van der Waals surface area contributed by atoms with Crippen molar-refractivity contribution in [3.8, 4) is 0 Å². The van der Waals surface area contributed by atoms with Gasteiger partial charge in [-0.15, -0.1) is 0 Å². The van der Waals surface area contributed by atoms with Crippen molar-refractivity contribution in [2.75, 3.05) is 5.32 Å². The molecule has 88 valence electrons. The maximum atomic E-state index is 6.08. The monoisotopic (exact) mass is 238 g/mol. The molecule has 16 heavy (non-hydrogen) atoms. The molecule has 2 nitrogen and oxygen atoms in total. The SMILES string of the molecule is Cc1ccnc(Cl)c1NC1CC(C(C)C)C1. The second-order valence-electron chi connectivity index (χ2n) is 5.11. The largest absolute Gasteiger partial charge is 0.380 e. The topological polar surface area (TPSA) is 24.9 Å². The van der Waals surface area contributed by atoms with E-state index >= 15 is 0 Å². The lowest BCUT2D eigenvalue weighted by molar-refractivity contribution is 0.212. The van der Waals surface area contributed by atoms with E-state index in [1.807, 2.05) is 6.07 Å². The van der Waals surface area contributed by atoms with Crippen LogP contribution in [-0.4, -0.2) is 11.0 Å². The molecule has 0 atom stereocenters. The first-order chi connectivity index (χ1) is 7.58. The number of hydrogen-bond acceptors (Lipinski definition) is 2. The summed E-state index contributed by atoms with van der Waals surface area (Å²) < 4.78 is 0. The minimum absolute atomic E-state index is 0.577. The molecule has 0 saturated heterocycles. The number of rotatable bonds is 3. The Kier molecular flexibility index (Phi) is 3.38. The smallest absolute Gasteiger partial charge is 0.152 e. The van der Waals surface area contributed by atoms with Crippen LogP contribution in [0.25, 0.3) is 0 Å². The van der Waals surface area contributed by atoms with E-state index in [2.05, 4.69) is 31.1 Å². The number of nitrogens with one attached hydrogen (secondary N) is 1. The molecule has 0 radical (unpaired) electrons. The van der Waals surface area contributed by atoms with E-state index < -0.39 is 0 Å². The van der Waals surface area contributed by atoms with Gasteiger partial charge < -0.3 is 5.32 Å². The summed E-state index contributed by atoms with van der Waals surface area (Å²) in [5, 5.41) is 4.10. The summed E-state index contributed by atoms with van der Waals surface area (Å²) in [5.41, 5.74) is 2.18. The fourth-order valence-corrected chi connectivity index (χ4v) is 2.49. The minimum atomic E-state index is 0.577. The van der Waals surface area contributed by atoms with Gasteiger partial charge in [0.2, 0.25) is 0 Å². The van der Waals surface area contributed by atoms with Gasteiger partial charge in [0.25, 0.3) is 0 Å². The Hall–Kier alpha value is -0.760. The van der Waals surface area contributed by atoms with Crippen molar-refractivity contribution >= 4 is 17.3 Å². The lowest BCUT2D eigenvalue weighted by Crippen LogP contribution is -2.38. The van der Waals surface area contributed by atoms with Crippen LogP contribution in [0.5, 0.6) is 0 Å². The lowest BCUT2D eigenvalue weighted by Gasteiger charge is -2.39. The minimum Gasteiger partial charge on any atom is -0.380 e. The van der Waals surface area contributed by atoms with E-state index in [-0.39, 0.29) is 0 Å². The number of pyridine rings is 1. The van der Waals surface area contributed by atoms with Crippen molar-refractivity contribution in [2.45, 2.75) is 39.7 Å². The van der Waals surface area contributed by atoms with Gasteiger partial charge in [-0.25, -0.2) is 4.98 Å². The van der Waals surface area contributed by atoms with Crippen LogP contribution in [-0.2, 0) is 0 Å². The summed E-state index contributed by atoms with van der Waals surface area (Å²) in [6.45, 7) is 6.65. The predicted octanol–water partition coefficient (Wildman–Crippen LogP) is 3.89. The van der Waals surface area contributed by atoms with Gasteiger partial charge in [0.15, 0.2) is 5.15 Å². The van der Waals surface area contributed by atoms with Gasteiger partial charge in [-0.1, -0.05) is 25.4 Å². The fourth-order valence-electron chi connectivity index (χ4n) is 2.23. The first-order valence-corrected chi connectivity index (χ1v) is 6.33. The molecule has 2 rings (SSSR count). The van der Waals surface area contributed by atoms with Crippen LogP contribution in [0.1, 0.15) is 32.3 Å². The highest BCUT2D eigenvalue weighted by Crippen LogP contribution is 2.37. The third-order valence-corrected chi connectivity index (χ3v) is 3.87. The predicted molar refractivity (Wildman–Crippen MR) is 69.0 cm³/mol. The Bertz CT molecular complexity index is 350. The van der Waals surface area contributed by atoms with Crippen molar-refractivity contribution in [2.24, 2.45) is 11.8 Å². The van der Waals surface area contributed by atoms with Crippen LogP contribution >= 0.6 is 11.6 Å². The van der Waals surface area contributed by atoms with Crippen LogP contribution in [0.2, 0.25) is 5.15 Å². The van der Waals surface area contributed by atoms with Gasteiger partial charge in [0, 0.05) is 12.2 Å². The van der Waals surface area contributed by atoms with Crippen LogP contribution in [0.3, 0.4) is 0 Å². The van der Waals surface area contributed by atoms with Crippen molar-refractivity contribution < 1.29 is 0 Å². The van der Waals surface area contributed by atoms with Gasteiger partial charge in [-0.3, -0.25) is 0 Å². The van der Waals surface area contributed by atoms with Crippen LogP contribution in [0.15, 0.2) is 12.3 Å². The standard InChI is InChI=1S/C13H19ClN2/c1-8(2)10-6-11(7-10)16-12-9(3)4-5-15-13(12)14/h4-5,8,10-11,16H,6-7H2,1-3H3. The molecule has 0 amide bonds. The summed E-state index contributed by atoms with van der Waals surface area (Å²) in [6, 6.07) is 2.57. The van der Waals surface area contributed by atoms with E-state index in [1.54, 1.807) is 6.20 Å². The molecular formula is C13H19ClN2. The van der Waals surface area contributed by atoms with Gasteiger partial charge in [-0.2, -0.15) is 0 Å². The molecule has 1 N–H and O–H groups in total. The highest BCUT2D eigenvalue weighted by atomic mass is 35.5. The van der Waals surface area contributed by atoms with E-state index in [0.29, 0.717) is 11.2 Å². The lowest BCUT2D eigenvalue weighted by atomic mass is 9.73. The zero-order chi connectivity index (χ0) is 11.7. The van der Waals surface area contributed by atoms with E-state index in [1.165, 1.54) is 18.4 Å². The van der Waals surface area contributed by atoms with Gasteiger partial charge >= 0.3 is 0 Å². The molecule has 1 aromatic rings. The molecule has 1 aromatic heterocycles. The summed E-state index contributed by atoms with van der Waals surface area (Å²) >= 11 is 6.08. The Balaban J connectivity index is 1.96. The third kappa shape index (κ3) is 2.32. The summed E-state index contributed by atoms with van der Waals surface area (Å²) in [4.78, 5) is 4.11.